The van der Waals surface area contributed by atoms with Crippen LogP contribution in [0.1, 0.15) is 27.8 Å². The van der Waals surface area contributed by atoms with Gasteiger partial charge in [0.25, 0.3) is 5.91 Å². The fourth-order valence-corrected chi connectivity index (χ4v) is 2.34. The average molecular weight is 335 g/mol. The zero-order valence-electron chi connectivity index (χ0n) is 13.7. The number of amides is 1. The molecule has 0 radical (unpaired) electrons. The number of hydrogen-bond acceptors (Lipinski definition) is 4. The minimum absolute atomic E-state index is 0.186. The Labute approximate surface area is 144 Å². The number of rotatable bonds is 5. The number of aromatic nitrogens is 2. The van der Waals surface area contributed by atoms with Crippen molar-refractivity contribution in [3.05, 3.63) is 71.9 Å². The highest BCUT2D eigenvalue weighted by molar-refractivity contribution is 6.04. The molecule has 0 saturated heterocycles. The number of benzene rings is 2. The number of aromatic amines is 1. The summed E-state index contributed by atoms with van der Waals surface area (Å²) in [7, 11) is 0. The first-order valence-electron chi connectivity index (χ1n) is 7.86. The van der Waals surface area contributed by atoms with Crippen LogP contribution in [-0.2, 0) is 4.74 Å². The Morgan fingerprint density at radius 3 is 2.64 bits per heavy atom. The number of nitrogens with zero attached hydrogens (tertiary/aromatic N) is 1. The molecule has 2 aromatic carbocycles. The summed E-state index contributed by atoms with van der Waals surface area (Å²) in [6, 6.07) is 17.9. The molecule has 0 unspecified atom stereocenters. The molecule has 0 atom stereocenters. The lowest BCUT2D eigenvalue weighted by Crippen LogP contribution is -2.11. The third-order valence-electron chi connectivity index (χ3n) is 3.53. The molecule has 6 heteroatoms. The van der Waals surface area contributed by atoms with E-state index in [1.807, 2.05) is 36.4 Å². The van der Waals surface area contributed by atoms with Gasteiger partial charge in [-0.05, 0) is 37.3 Å². The molecule has 0 fully saturated rings. The van der Waals surface area contributed by atoms with Crippen LogP contribution < -0.4 is 5.32 Å². The van der Waals surface area contributed by atoms with Crippen molar-refractivity contribution >= 4 is 17.6 Å². The highest BCUT2D eigenvalue weighted by atomic mass is 16.5. The van der Waals surface area contributed by atoms with E-state index in [2.05, 4.69) is 15.5 Å². The molecule has 3 rings (SSSR count). The van der Waals surface area contributed by atoms with Crippen LogP contribution in [0.5, 0.6) is 0 Å². The Morgan fingerprint density at radius 1 is 1.08 bits per heavy atom. The zero-order chi connectivity index (χ0) is 17.6. The lowest BCUT2D eigenvalue weighted by molar-refractivity contribution is 0.0519. The maximum absolute atomic E-state index is 12.2. The topological polar surface area (TPSA) is 84.1 Å². The Hall–Kier alpha value is -3.41. The number of carbonyl (C=O) groups is 2. The van der Waals surface area contributed by atoms with Gasteiger partial charge in [0.1, 0.15) is 0 Å². The van der Waals surface area contributed by atoms with Crippen LogP contribution in [0.4, 0.5) is 5.69 Å². The van der Waals surface area contributed by atoms with Crippen LogP contribution in [0.2, 0.25) is 0 Å². The van der Waals surface area contributed by atoms with Gasteiger partial charge in [0, 0.05) is 16.8 Å². The number of H-pyrrole nitrogens is 1. The van der Waals surface area contributed by atoms with Crippen LogP contribution in [0.3, 0.4) is 0 Å². The minimum Gasteiger partial charge on any atom is -0.461 e. The van der Waals surface area contributed by atoms with Crippen molar-refractivity contribution in [1.82, 2.24) is 10.2 Å². The molecule has 0 aliphatic carbocycles. The number of hydrogen-bond donors (Lipinski definition) is 2. The molecular formula is C19H17N3O3. The van der Waals surface area contributed by atoms with Crippen LogP contribution in [0.25, 0.3) is 11.3 Å². The van der Waals surface area contributed by atoms with E-state index in [1.165, 1.54) is 0 Å². The normalized spacial score (nSPS) is 10.3. The van der Waals surface area contributed by atoms with Crippen molar-refractivity contribution in [3.63, 3.8) is 0 Å². The van der Waals surface area contributed by atoms with Gasteiger partial charge in [-0.15, -0.1) is 0 Å². The maximum atomic E-state index is 12.2. The summed E-state index contributed by atoms with van der Waals surface area (Å²) in [5.41, 5.74) is 2.92. The van der Waals surface area contributed by atoms with Gasteiger partial charge in [-0.2, -0.15) is 5.10 Å². The Balaban J connectivity index is 1.78. The minimum atomic E-state index is -0.474. The van der Waals surface area contributed by atoms with Crippen molar-refractivity contribution in [2.45, 2.75) is 6.92 Å². The molecule has 0 aliphatic heterocycles. The lowest BCUT2D eigenvalue weighted by Gasteiger charge is -2.06. The monoisotopic (exact) mass is 335 g/mol. The van der Waals surface area contributed by atoms with E-state index in [-0.39, 0.29) is 11.6 Å². The number of anilines is 1. The molecule has 25 heavy (non-hydrogen) atoms. The van der Waals surface area contributed by atoms with Crippen molar-refractivity contribution in [2.75, 3.05) is 11.9 Å². The van der Waals surface area contributed by atoms with Crippen molar-refractivity contribution in [1.29, 1.82) is 0 Å². The summed E-state index contributed by atoms with van der Waals surface area (Å²) in [6.07, 6.45) is 0. The van der Waals surface area contributed by atoms with Crippen molar-refractivity contribution in [3.8, 4) is 11.3 Å². The largest absolute Gasteiger partial charge is 0.461 e. The number of nitrogens with one attached hydrogen (secondary N) is 2. The van der Waals surface area contributed by atoms with Crippen LogP contribution in [0, 0.1) is 0 Å². The van der Waals surface area contributed by atoms with Gasteiger partial charge in [-0.3, -0.25) is 9.89 Å². The van der Waals surface area contributed by atoms with E-state index in [1.54, 1.807) is 31.2 Å². The van der Waals surface area contributed by atoms with Gasteiger partial charge in [0.05, 0.1) is 12.3 Å². The summed E-state index contributed by atoms with van der Waals surface area (Å²) in [4.78, 5) is 23.9. The molecule has 1 aromatic heterocycles. The molecule has 0 bridgehead atoms. The van der Waals surface area contributed by atoms with Crippen LogP contribution in [-0.4, -0.2) is 28.7 Å². The quantitative estimate of drug-likeness (QED) is 0.699. The SMILES string of the molecule is CCOC(=O)c1cc(-c2cccc(NC(=O)c3ccccc3)c2)[nH]n1. The molecule has 6 nitrogen and oxygen atoms in total. The fourth-order valence-electron chi connectivity index (χ4n) is 2.34. The second kappa shape index (κ2) is 7.44. The van der Waals surface area contributed by atoms with Crippen molar-refractivity contribution < 1.29 is 14.3 Å². The van der Waals surface area contributed by atoms with Gasteiger partial charge in [-0.1, -0.05) is 30.3 Å². The molecule has 3 aromatic rings. The van der Waals surface area contributed by atoms with Gasteiger partial charge in [-0.25, -0.2) is 4.79 Å². The first-order chi connectivity index (χ1) is 12.2. The van der Waals surface area contributed by atoms with E-state index >= 15 is 0 Å². The second-order valence-corrected chi connectivity index (χ2v) is 5.29. The Bertz CT molecular complexity index is 888. The van der Waals surface area contributed by atoms with Gasteiger partial charge >= 0.3 is 5.97 Å². The predicted molar refractivity (Wildman–Crippen MR) is 94.4 cm³/mol. The second-order valence-electron chi connectivity index (χ2n) is 5.29. The highest BCUT2D eigenvalue weighted by Gasteiger charge is 2.13. The standard InChI is InChI=1S/C19H17N3O3/c1-2-25-19(24)17-12-16(21-22-17)14-9-6-10-15(11-14)20-18(23)13-7-4-3-5-8-13/h3-12H,2H2,1H3,(H,20,23)(H,21,22). The van der Waals surface area contributed by atoms with E-state index in [0.717, 1.165) is 5.56 Å². The molecule has 0 aliphatic rings. The van der Waals surface area contributed by atoms with Gasteiger partial charge < -0.3 is 10.1 Å². The molecule has 1 heterocycles. The maximum Gasteiger partial charge on any atom is 0.358 e. The summed E-state index contributed by atoms with van der Waals surface area (Å²) < 4.78 is 4.92. The predicted octanol–water partition coefficient (Wildman–Crippen LogP) is 3.51. The molecule has 1 amide bonds. The Morgan fingerprint density at radius 2 is 1.88 bits per heavy atom. The van der Waals surface area contributed by atoms with Gasteiger partial charge in [0.2, 0.25) is 0 Å². The zero-order valence-corrected chi connectivity index (χ0v) is 13.7. The van der Waals surface area contributed by atoms with Crippen molar-refractivity contribution in [2.24, 2.45) is 0 Å². The molecule has 2 N–H and O–H groups in total. The lowest BCUT2D eigenvalue weighted by atomic mass is 10.1. The number of esters is 1. The van der Waals surface area contributed by atoms with E-state index < -0.39 is 5.97 Å². The summed E-state index contributed by atoms with van der Waals surface area (Å²) in [5.74, 6) is -0.659. The average Bonchev–Trinajstić information content (AvgIpc) is 3.13. The third kappa shape index (κ3) is 3.92. The summed E-state index contributed by atoms with van der Waals surface area (Å²) in [5, 5.41) is 9.63. The summed E-state index contributed by atoms with van der Waals surface area (Å²) >= 11 is 0. The van der Waals surface area contributed by atoms with Crippen LogP contribution >= 0.6 is 0 Å². The fraction of sp³-hybridized carbons (Fsp3) is 0.105. The Kier molecular flexibility index (Phi) is 4.89. The molecular weight excluding hydrogens is 318 g/mol. The first-order valence-corrected chi connectivity index (χ1v) is 7.86. The highest BCUT2D eigenvalue weighted by Crippen LogP contribution is 2.22. The third-order valence-corrected chi connectivity index (χ3v) is 3.53. The van der Waals surface area contributed by atoms with E-state index in [4.69, 9.17) is 4.74 Å². The first kappa shape index (κ1) is 16.4. The number of ether oxygens (including phenoxy) is 1. The number of carbonyl (C=O) groups excluding carboxylic acids is 2. The molecule has 0 spiro atoms. The van der Waals surface area contributed by atoms with E-state index in [0.29, 0.717) is 23.6 Å². The van der Waals surface area contributed by atoms with Gasteiger partial charge in [0.15, 0.2) is 5.69 Å². The summed E-state index contributed by atoms with van der Waals surface area (Å²) in [6.45, 7) is 2.03. The van der Waals surface area contributed by atoms with Crippen LogP contribution in [0.15, 0.2) is 60.7 Å². The molecule has 0 saturated carbocycles. The van der Waals surface area contributed by atoms with E-state index in [9.17, 15) is 9.59 Å². The smallest absolute Gasteiger partial charge is 0.358 e. The molecule has 126 valence electrons.